The Hall–Kier alpha value is -2.57. The van der Waals surface area contributed by atoms with Gasteiger partial charge in [-0.1, -0.05) is 36.7 Å². The zero-order valence-electron chi connectivity index (χ0n) is 15.0. The first kappa shape index (κ1) is 19.2. The molecule has 0 bridgehead atoms. The van der Waals surface area contributed by atoms with Crippen LogP contribution >= 0.6 is 11.6 Å². The van der Waals surface area contributed by atoms with Crippen LogP contribution in [0.4, 0.5) is 5.69 Å². The summed E-state index contributed by atoms with van der Waals surface area (Å²) < 4.78 is 11.6. The highest BCUT2D eigenvalue weighted by Gasteiger charge is 2.34. The Kier molecular flexibility index (Phi) is 5.68. The van der Waals surface area contributed by atoms with Gasteiger partial charge < -0.3 is 19.9 Å². The molecule has 0 saturated heterocycles. The number of benzene rings is 2. The van der Waals surface area contributed by atoms with Gasteiger partial charge in [-0.2, -0.15) is 0 Å². The maximum Gasteiger partial charge on any atom is 0.306 e. The van der Waals surface area contributed by atoms with Gasteiger partial charge in [0.15, 0.2) is 0 Å². The maximum atomic E-state index is 12.5. The molecule has 2 atom stereocenters. The molecule has 1 aliphatic rings. The molecule has 7 heteroatoms. The number of anilines is 1. The molecule has 0 aromatic heterocycles. The van der Waals surface area contributed by atoms with Crippen molar-refractivity contribution >= 4 is 29.2 Å². The average Bonchev–Trinajstić information content (AvgIpc) is 2.77. The van der Waals surface area contributed by atoms with E-state index >= 15 is 0 Å². The fourth-order valence-corrected chi connectivity index (χ4v) is 3.44. The molecule has 0 spiro atoms. The first-order valence-corrected chi connectivity index (χ1v) is 8.95. The average molecular weight is 390 g/mol. The largest absolute Gasteiger partial charge is 0.496 e. The highest BCUT2D eigenvalue weighted by atomic mass is 35.5. The van der Waals surface area contributed by atoms with Crippen molar-refractivity contribution in [1.82, 2.24) is 0 Å². The predicted molar refractivity (Wildman–Crippen MR) is 101 cm³/mol. The summed E-state index contributed by atoms with van der Waals surface area (Å²) in [7, 11) is 1.58. The number of carboxylic acid groups (broad SMARTS) is 1. The number of hydrogen-bond acceptors (Lipinski definition) is 4. The van der Waals surface area contributed by atoms with Crippen molar-refractivity contribution in [3.05, 3.63) is 58.1 Å². The van der Waals surface area contributed by atoms with Crippen molar-refractivity contribution in [1.29, 1.82) is 0 Å². The zero-order chi connectivity index (χ0) is 19.6. The van der Waals surface area contributed by atoms with Crippen LogP contribution in [-0.2, 0) is 20.7 Å². The van der Waals surface area contributed by atoms with Crippen LogP contribution in [0, 0.1) is 0 Å². The van der Waals surface area contributed by atoms with Gasteiger partial charge in [0.1, 0.15) is 18.0 Å². The third-order valence-electron chi connectivity index (χ3n) is 4.50. The smallest absolute Gasteiger partial charge is 0.306 e. The van der Waals surface area contributed by atoms with E-state index in [2.05, 4.69) is 5.32 Å². The molecule has 0 aliphatic carbocycles. The zero-order valence-corrected chi connectivity index (χ0v) is 15.7. The molecule has 0 radical (unpaired) electrons. The van der Waals surface area contributed by atoms with Crippen molar-refractivity contribution in [2.24, 2.45) is 0 Å². The number of aryl methyl sites for hydroxylation is 1. The number of ether oxygens (including phenoxy) is 2. The van der Waals surface area contributed by atoms with Gasteiger partial charge in [-0.15, -0.1) is 0 Å². The standard InChI is InChI=1S/C20H20ClNO5/c1-3-11-5-4-6-13(18(11)26-2)19-14-9-12(21)7-8-15(14)22-20(25)16(27-19)10-17(23)24/h4-9,16,19H,3,10H2,1-2H3,(H,22,25)(H,23,24). The molecule has 1 amide bonds. The lowest BCUT2D eigenvalue weighted by Gasteiger charge is -2.24. The Morgan fingerprint density at radius 3 is 2.74 bits per heavy atom. The number of halogens is 1. The molecule has 1 aliphatic heterocycles. The van der Waals surface area contributed by atoms with Crippen molar-refractivity contribution in [2.75, 3.05) is 12.4 Å². The summed E-state index contributed by atoms with van der Waals surface area (Å²) in [5.74, 6) is -0.972. The van der Waals surface area contributed by atoms with E-state index < -0.39 is 30.5 Å². The Morgan fingerprint density at radius 2 is 2.07 bits per heavy atom. The minimum Gasteiger partial charge on any atom is -0.496 e. The third kappa shape index (κ3) is 3.91. The minimum atomic E-state index is -1.14. The number of rotatable bonds is 5. The fraction of sp³-hybridized carbons (Fsp3) is 0.300. The van der Waals surface area contributed by atoms with Crippen LogP contribution in [0.15, 0.2) is 36.4 Å². The van der Waals surface area contributed by atoms with Gasteiger partial charge in [0.05, 0.1) is 13.5 Å². The van der Waals surface area contributed by atoms with Crippen LogP contribution in [0.3, 0.4) is 0 Å². The Bertz CT molecular complexity index is 883. The third-order valence-corrected chi connectivity index (χ3v) is 4.74. The summed E-state index contributed by atoms with van der Waals surface area (Å²) in [6.07, 6.45) is -1.54. The number of aliphatic carboxylic acids is 1. The Balaban J connectivity index is 2.18. The number of nitrogens with one attached hydrogen (secondary N) is 1. The van der Waals surface area contributed by atoms with Crippen LogP contribution < -0.4 is 10.1 Å². The van der Waals surface area contributed by atoms with Gasteiger partial charge in [-0.25, -0.2) is 0 Å². The van der Waals surface area contributed by atoms with Crippen molar-refractivity contribution < 1.29 is 24.2 Å². The number of methoxy groups -OCH3 is 1. The first-order valence-electron chi connectivity index (χ1n) is 8.58. The van der Waals surface area contributed by atoms with E-state index in [1.807, 2.05) is 25.1 Å². The molecule has 0 fully saturated rings. The molecule has 3 rings (SSSR count). The maximum absolute atomic E-state index is 12.5. The van der Waals surface area contributed by atoms with Crippen molar-refractivity contribution in [3.63, 3.8) is 0 Å². The lowest BCUT2D eigenvalue weighted by molar-refractivity contribution is -0.146. The predicted octanol–water partition coefficient (Wildman–Crippen LogP) is 3.81. The van der Waals surface area contributed by atoms with E-state index in [-0.39, 0.29) is 0 Å². The molecule has 2 aromatic rings. The molecule has 2 unspecified atom stereocenters. The number of carbonyl (C=O) groups is 2. The van der Waals surface area contributed by atoms with Gasteiger partial charge in [0.2, 0.25) is 0 Å². The summed E-state index contributed by atoms with van der Waals surface area (Å²) in [5, 5.41) is 12.4. The molecule has 1 heterocycles. The molecule has 142 valence electrons. The van der Waals surface area contributed by atoms with Crippen LogP contribution in [-0.4, -0.2) is 30.2 Å². The molecule has 27 heavy (non-hydrogen) atoms. The van der Waals surface area contributed by atoms with E-state index in [0.29, 0.717) is 27.6 Å². The van der Waals surface area contributed by atoms with Gasteiger partial charge in [0, 0.05) is 21.8 Å². The molecular formula is C20H20ClNO5. The lowest BCUT2D eigenvalue weighted by Crippen LogP contribution is -2.31. The van der Waals surface area contributed by atoms with Crippen LogP contribution in [0.5, 0.6) is 5.75 Å². The van der Waals surface area contributed by atoms with Crippen LogP contribution in [0.2, 0.25) is 5.02 Å². The Labute approximate surface area is 162 Å². The van der Waals surface area contributed by atoms with E-state index in [4.69, 9.17) is 21.1 Å². The van der Waals surface area contributed by atoms with Gasteiger partial charge >= 0.3 is 5.97 Å². The number of fused-ring (bicyclic) bond motifs is 1. The molecular weight excluding hydrogens is 370 g/mol. The number of para-hydroxylation sites is 1. The molecule has 6 nitrogen and oxygen atoms in total. The van der Waals surface area contributed by atoms with Crippen molar-refractivity contribution in [2.45, 2.75) is 32.0 Å². The second-order valence-corrected chi connectivity index (χ2v) is 6.65. The molecule has 2 aromatic carbocycles. The van der Waals surface area contributed by atoms with Crippen LogP contribution in [0.25, 0.3) is 0 Å². The number of carbonyl (C=O) groups excluding carboxylic acids is 1. The minimum absolute atomic E-state index is 0.445. The summed E-state index contributed by atoms with van der Waals surface area (Å²) in [6.45, 7) is 2.01. The van der Waals surface area contributed by atoms with Crippen molar-refractivity contribution in [3.8, 4) is 5.75 Å². The van der Waals surface area contributed by atoms with Gasteiger partial charge in [0.25, 0.3) is 5.91 Å². The highest BCUT2D eigenvalue weighted by Crippen LogP contribution is 2.41. The second-order valence-electron chi connectivity index (χ2n) is 6.22. The van der Waals surface area contributed by atoms with Gasteiger partial charge in [-0.05, 0) is 30.2 Å². The summed E-state index contributed by atoms with van der Waals surface area (Å²) >= 11 is 6.18. The van der Waals surface area contributed by atoms with Crippen LogP contribution in [0.1, 0.15) is 36.1 Å². The van der Waals surface area contributed by atoms with E-state index in [1.54, 1.807) is 25.3 Å². The highest BCUT2D eigenvalue weighted by molar-refractivity contribution is 6.30. The Morgan fingerprint density at radius 1 is 1.30 bits per heavy atom. The fourth-order valence-electron chi connectivity index (χ4n) is 3.26. The summed E-state index contributed by atoms with van der Waals surface area (Å²) in [5.41, 5.74) is 2.88. The second kappa shape index (κ2) is 7.98. The monoisotopic (exact) mass is 389 g/mol. The summed E-state index contributed by atoms with van der Waals surface area (Å²) in [6, 6.07) is 10.7. The number of carboxylic acids is 1. The lowest BCUT2D eigenvalue weighted by atomic mass is 9.96. The van der Waals surface area contributed by atoms with Gasteiger partial charge in [-0.3, -0.25) is 9.59 Å². The van der Waals surface area contributed by atoms with E-state index in [1.165, 1.54) is 0 Å². The first-order chi connectivity index (χ1) is 12.9. The van der Waals surface area contributed by atoms with E-state index in [9.17, 15) is 14.7 Å². The number of hydrogen-bond donors (Lipinski definition) is 2. The SMILES string of the molecule is CCc1cccc(C2OC(CC(=O)O)C(=O)Nc3ccc(Cl)cc32)c1OC. The normalized spacial score (nSPS) is 19.0. The quantitative estimate of drug-likeness (QED) is 0.812. The molecule has 2 N–H and O–H groups in total. The van der Waals surface area contributed by atoms with E-state index in [0.717, 1.165) is 12.0 Å². The number of amides is 1. The topological polar surface area (TPSA) is 84.9 Å². The molecule has 0 saturated carbocycles. The summed E-state index contributed by atoms with van der Waals surface area (Å²) in [4.78, 5) is 23.7.